The Morgan fingerprint density at radius 1 is 1.56 bits per heavy atom. The van der Waals surface area contributed by atoms with Gasteiger partial charge in [-0.05, 0) is 31.6 Å². The Balaban J connectivity index is 2.24. The van der Waals surface area contributed by atoms with E-state index >= 15 is 0 Å². The second-order valence-corrected chi connectivity index (χ2v) is 6.45. The van der Waals surface area contributed by atoms with E-state index < -0.39 is 0 Å². The number of aliphatic hydroxyl groups is 1. The highest BCUT2D eigenvalue weighted by Gasteiger charge is 2.28. The standard InChI is InChI=1S/C14H21ClN2O/c1-9-12(13(15)17(4)16-9)6-10-5-11(18)8-14(2,3)7-10/h5,11,18H,6-8H2,1-4H3. The van der Waals surface area contributed by atoms with Crippen LogP contribution in [-0.4, -0.2) is 21.0 Å². The SMILES string of the molecule is Cc1nn(C)c(Cl)c1CC1=CC(O)CC(C)(C)C1. The molecule has 1 aromatic heterocycles. The molecule has 0 fully saturated rings. The number of aryl methyl sites for hydroxylation is 2. The van der Waals surface area contributed by atoms with Crippen molar-refractivity contribution in [1.82, 2.24) is 9.78 Å². The lowest BCUT2D eigenvalue weighted by Gasteiger charge is -2.32. The molecule has 0 bridgehead atoms. The number of rotatable bonds is 2. The molecule has 1 aliphatic rings. The summed E-state index contributed by atoms with van der Waals surface area (Å²) < 4.78 is 1.71. The van der Waals surface area contributed by atoms with Crippen molar-refractivity contribution in [3.05, 3.63) is 28.1 Å². The second-order valence-electron chi connectivity index (χ2n) is 6.09. The van der Waals surface area contributed by atoms with Crippen LogP contribution >= 0.6 is 11.6 Å². The number of aromatic nitrogens is 2. The van der Waals surface area contributed by atoms with Gasteiger partial charge in [-0.1, -0.05) is 37.1 Å². The van der Waals surface area contributed by atoms with Gasteiger partial charge in [-0.25, -0.2) is 0 Å². The summed E-state index contributed by atoms with van der Waals surface area (Å²) in [6.45, 7) is 6.37. The van der Waals surface area contributed by atoms with Crippen molar-refractivity contribution in [1.29, 1.82) is 0 Å². The molecule has 2 rings (SSSR count). The normalized spacial score (nSPS) is 23.0. The van der Waals surface area contributed by atoms with Gasteiger partial charge in [0.1, 0.15) is 5.15 Å². The largest absolute Gasteiger partial charge is 0.389 e. The highest BCUT2D eigenvalue weighted by atomic mass is 35.5. The molecule has 1 N–H and O–H groups in total. The first kappa shape index (κ1) is 13.6. The van der Waals surface area contributed by atoms with Crippen molar-refractivity contribution in [3.63, 3.8) is 0 Å². The molecule has 3 nitrogen and oxygen atoms in total. The maximum Gasteiger partial charge on any atom is 0.130 e. The molecule has 0 aromatic carbocycles. The third kappa shape index (κ3) is 2.78. The van der Waals surface area contributed by atoms with Crippen molar-refractivity contribution < 1.29 is 5.11 Å². The van der Waals surface area contributed by atoms with E-state index in [1.165, 1.54) is 5.57 Å². The lowest BCUT2D eigenvalue weighted by molar-refractivity contribution is 0.138. The highest BCUT2D eigenvalue weighted by Crippen LogP contribution is 2.37. The van der Waals surface area contributed by atoms with Gasteiger partial charge in [-0.3, -0.25) is 4.68 Å². The molecule has 1 aromatic rings. The maximum absolute atomic E-state index is 9.91. The predicted octanol–water partition coefficient (Wildman–Crippen LogP) is 3.03. The molecule has 0 radical (unpaired) electrons. The number of aliphatic hydroxyl groups excluding tert-OH is 1. The summed E-state index contributed by atoms with van der Waals surface area (Å²) in [5.41, 5.74) is 3.47. The zero-order chi connectivity index (χ0) is 13.5. The van der Waals surface area contributed by atoms with Crippen LogP contribution in [0.25, 0.3) is 0 Å². The van der Waals surface area contributed by atoms with Crippen molar-refractivity contribution >= 4 is 11.6 Å². The Labute approximate surface area is 113 Å². The first-order chi connectivity index (χ1) is 8.28. The molecule has 18 heavy (non-hydrogen) atoms. The minimum Gasteiger partial charge on any atom is -0.389 e. The quantitative estimate of drug-likeness (QED) is 0.838. The van der Waals surface area contributed by atoms with E-state index in [0.717, 1.165) is 30.5 Å². The molecule has 0 aliphatic heterocycles. The molecular formula is C14H21ClN2O. The summed E-state index contributed by atoms with van der Waals surface area (Å²) in [5.74, 6) is 0. The van der Waals surface area contributed by atoms with E-state index in [-0.39, 0.29) is 11.5 Å². The Morgan fingerprint density at radius 3 is 2.72 bits per heavy atom. The van der Waals surface area contributed by atoms with Gasteiger partial charge in [0.2, 0.25) is 0 Å². The minimum atomic E-state index is -0.334. The van der Waals surface area contributed by atoms with Crippen molar-refractivity contribution in [3.8, 4) is 0 Å². The minimum absolute atomic E-state index is 0.159. The lowest BCUT2D eigenvalue weighted by Crippen LogP contribution is -2.25. The smallest absolute Gasteiger partial charge is 0.130 e. The van der Waals surface area contributed by atoms with E-state index in [0.29, 0.717) is 5.15 Å². The fourth-order valence-corrected chi connectivity index (χ4v) is 3.11. The van der Waals surface area contributed by atoms with Gasteiger partial charge in [-0.2, -0.15) is 5.10 Å². The zero-order valence-corrected chi connectivity index (χ0v) is 12.3. The molecule has 1 unspecified atom stereocenters. The van der Waals surface area contributed by atoms with Gasteiger partial charge in [0, 0.05) is 12.6 Å². The van der Waals surface area contributed by atoms with Gasteiger partial charge in [-0.15, -0.1) is 0 Å². The monoisotopic (exact) mass is 268 g/mol. The first-order valence-corrected chi connectivity index (χ1v) is 6.72. The number of hydrogen-bond donors (Lipinski definition) is 1. The van der Waals surface area contributed by atoms with Gasteiger partial charge in [0.05, 0.1) is 11.8 Å². The molecule has 100 valence electrons. The van der Waals surface area contributed by atoms with Crippen LogP contribution in [0, 0.1) is 12.3 Å². The molecule has 1 atom stereocenters. The number of nitrogens with zero attached hydrogens (tertiary/aromatic N) is 2. The Morgan fingerprint density at radius 2 is 2.22 bits per heavy atom. The van der Waals surface area contributed by atoms with Crippen LogP contribution < -0.4 is 0 Å². The average molecular weight is 269 g/mol. The van der Waals surface area contributed by atoms with Crippen molar-refractivity contribution in [2.24, 2.45) is 12.5 Å². The van der Waals surface area contributed by atoms with Crippen LogP contribution in [0.2, 0.25) is 5.15 Å². The Hall–Kier alpha value is -0.800. The number of halogens is 1. The summed E-state index contributed by atoms with van der Waals surface area (Å²) >= 11 is 6.25. The fourth-order valence-electron chi connectivity index (χ4n) is 2.87. The molecule has 4 heteroatoms. The molecule has 0 amide bonds. The molecule has 0 saturated carbocycles. The predicted molar refractivity (Wildman–Crippen MR) is 73.8 cm³/mol. The third-order valence-electron chi connectivity index (χ3n) is 3.57. The third-order valence-corrected chi connectivity index (χ3v) is 4.04. The number of allylic oxidation sites excluding steroid dienone is 1. The summed E-state index contributed by atoms with van der Waals surface area (Å²) in [6.07, 6.45) is 4.28. The number of hydrogen-bond acceptors (Lipinski definition) is 2. The Bertz CT molecular complexity index is 488. The topological polar surface area (TPSA) is 38.0 Å². The summed E-state index contributed by atoms with van der Waals surface area (Å²) in [4.78, 5) is 0. The first-order valence-electron chi connectivity index (χ1n) is 6.34. The van der Waals surface area contributed by atoms with E-state index in [1.807, 2.05) is 20.0 Å². The molecule has 0 saturated heterocycles. The lowest BCUT2D eigenvalue weighted by atomic mass is 9.75. The van der Waals surface area contributed by atoms with Crippen LogP contribution in [0.3, 0.4) is 0 Å². The van der Waals surface area contributed by atoms with Crippen LogP contribution in [-0.2, 0) is 13.5 Å². The second kappa shape index (κ2) is 4.71. The Kier molecular flexibility index (Phi) is 3.56. The van der Waals surface area contributed by atoms with Crippen LogP contribution in [0.15, 0.2) is 11.6 Å². The van der Waals surface area contributed by atoms with E-state index in [2.05, 4.69) is 18.9 Å². The molecule has 0 spiro atoms. The zero-order valence-electron chi connectivity index (χ0n) is 11.5. The van der Waals surface area contributed by atoms with Gasteiger partial charge in [0.15, 0.2) is 0 Å². The van der Waals surface area contributed by atoms with Crippen LogP contribution in [0.5, 0.6) is 0 Å². The van der Waals surface area contributed by atoms with E-state index in [1.54, 1.807) is 4.68 Å². The van der Waals surface area contributed by atoms with Gasteiger partial charge < -0.3 is 5.11 Å². The van der Waals surface area contributed by atoms with Crippen molar-refractivity contribution in [2.45, 2.75) is 46.1 Å². The molecular weight excluding hydrogens is 248 g/mol. The molecule has 1 aliphatic carbocycles. The van der Waals surface area contributed by atoms with Crippen molar-refractivity contribution in [2.75, 3.05) is 0 Å². The molecule has 1 heterocycles. The van der Waals surface area contributed by atoms with Gasteiger partial charge in [0.25, 0.3) is 0 Å². The maximum atomic E-state index is 9.91. The summed E-state index contributed by atoms with van der Waals surface area (Å²) in [7, 11) is 1.85. The fraction of sp³-hybridized carbons (Fsp3) is 0.643. The summed E-state index contributed by atoms with van der Waals surface area (Å²) in [6, 6.07) is 0. The average Bonchev–Trinajstić information content (AvgIpc) is 2.42. The van der Waals surface area contributed by atoms with Crippen LogP contribution in [0.4, 0.5) is 0 Å². The van der Waals surface area contributed by atoms with E-state index in [4.69, 9.17) is 11.6 Å². The van der Waals surface area contributed by atoms with E-state index in [9.17, 15) is 5.11 Å². The highest BCUT2D eigenvalue weighted by molar-refractivity contribution is 6.30. The van der Waals surface area contributed by atoms with Crippen LogP contribution in [0.1, 0.15) is 37.9 Å². The van der Waals surface area contributed by atoms with Gasteiger partial charge >= 0.3 is 0 Å². The summed E-state index contributed by atoms with van der Waals surface area (Å²) in [5, 5.41) is 14.9.